The van der Waals surface area contributed by atoms with Crippen LogP contribution >= 0.6 is 0 Å². The Hall–Kier alpha value is -1.72. The van der Waals surface area contributed by atoms with Gasteiger partial charge in [0, 0.05) is 13.1 Å². The van der Waals surface area contributed by atoms with Crippen LogP contribution in [0.2, 0.25) is 0 Å². The summed E-state index contributed by atoms with van der Waals surface area (Å²) < 4.78 is 6.39. The third-order valence-corrected chi connectivity index (χ3v) is 2.46. The number of rotatable bonds is 6. The molecule has 0 radical (unpaired) electrons. The second-order valence-electron chi connectivity index (χ2n) is 4.60. The SMILES string of the molecule is CCCNc1nn(CC(C)C)c(N)c1C(=O)OC. The van der Waals surface area contributed by atoms with Crippen LogP contribution in [0.1, 0.15) is 37.6 Å². The number of anilines is 2. The van der Waals surface area contributed by atoms with E-state index in [1.165, 1.54) is 7.11 Å². The van der Waals surface area contributed by atoms with Gasteiger partial charge in [0.1, 0.15) is 11.4 Å². The number of aromatic nitrogens is 2. The van der Waals surface area contributed by atoms with E-state index in [0.29, 0.717) is 29.7 Å². The van der Waals surface area contributed by atoms with Crippen molar-refractivity contribution < 1.29 is 9.53 Å². The van der Waals surface area contributed by atoms with E-state index in [1.54, 1.807) is 4.68 Å². The first-order valence-corrected chi connectivity index (χ1v) is 6.19. The summed E-state index contributed by atoms with van der Waals surface area (Å²) in [5.41, 5.74) is 6.29. The highest BCUT2D eigenvalue weighted by Gasteiger charge is 2.22. The molecule has 1 aromatic rings. The molecule has 0 aliphatic rings. The van der Waals surface area contributed by atoms with Crippen molar-refractivity contribution in [3.05, 3.63) is 5.56 Å². The van der Waals surface area contributed by atoms with Crippen LogP contribution in [-0.4, -0.2) is 29.4 Å². The minimum Gasteiger partial charge on any atom is -0.465 e. The van der Waals surface area contributed by atoms with E-state index >= 15 is 0 Å². The minimum atomic E-state index is -0.457. The van der Waals surface area contributed by atoms with Crippen LogP contribution in [0.15, 0.2) is 0 Å². The topological polar surface area (TPSA) is 82.2 Å². The largest absolute Gasteiger partial charge is 0.465 e. The fraction of sp³-hybridized carbons (Fsp3) is 0.667. The van der Waals surface area contributed by atoms with Crippen molar-refractivity contribution in [1.29, 1.82) is 0 Å². The molecule has 0 aliphatic carbocycles. The molecule has 0 aromatic carbocycles. The fourth-order valence-electron chi connectivity index (χ4n) is 1.63. The maximum atomic E-state index is 11.7. The fourth-order valence-corrected chi connectivity index (χ4v) is 1.63. The van der Waals surface area contributed by atoms with E-state index in [4.69, 9.17) is 10.5 Å². The molecule has 1 rings (SSSR count). The van der Waals surface area contributed by atoms with Crippen molar-refractivity contribution in [2.75, 3.05) is 24.7 Å². The zero-order valence-corrected chi connectivity index (χ0v) is 11.5. The van der Waals surface area contributed by atoms with Crippen molar-refractivity contribution in [1.82, 2.24) is 9.78 Å². The van der Waals surface area contributed by atoms with Gasteiger partial charge in [0.25, 0.3) is 0 Å². The number of hydrogen-bond acceptors (Lipinski definition) is 5. The molecule has 0 spiro atoms. The van der Waals surface area contributed by atoms with Gasteiger partial charge in [0.2, 0.25) is 0 Å². The summed E-state index contributed by atoms with van der Waals surface area (Å²) in [6.07, 6.45) is 0.942. The van der Waals surface area contributed by atoms with Crippen molar-refractivity contribution in [3.63, 3.8) is 0 Å². The number of hydrogen-bond donors (Lipinski definition) is 2. The number of carbonyl (C=O) groups excluding carboxylic acids is 1. The van der Waals surface area contributed by atoms with Crippen LogP contribution in [0, 0.1) is 5.92 Å². The lowest BCUT2D eigenvalue weighted by atomic mass is 10.2. The van der Waals surface area contributed by atoms with Crippen LogP contribution in [0.25, 0.3) is 0 Å². The summed E-state index contributed by atoms with van der Waals surface area (Å²) in [4.78, 5) is 11.7. The van der Waals surface area contributed by atoms with E-state index < -0.39 is 5.97 Å². The second kappa shape index (κ2) is 6.28. The van der Waals surface area contributed by atoms with E-state index in [9.17, 15) is 4.79 Å². The zero-order valence-electron chi connectivity index (χ0n) is 11.5. The van der Waals surface area contributed by atoms with Crippen molar-refractivity contribution >= 4 is 17.6 Å². The Balaban J connectivity index is 3.09. The Bertz CT molecular complexity index is 412. The molecule has 6 nitrogen and oxygen atoms in total. The summed E-state index contributed by atoms with van der Waals surface area (Å²) in [7, 11) is 1.34. The molecule has 0 bridgehead atoms. The second-order valence-corrected chi connectivity index (χ2v) is 4.60. The third kappa shape index (κ3) is 3.15. The molecule has 0 saturated carbocycles. The van der Waals surface area contributed by atoms with Gasteiger partial charge in [-0.25, -0.2) is 9.48 Å². The third-order valence-electron chi connectivity index (χ3n) is 2.46. The molecule has 18 heavy (non-hydrogen) atoms. The first-order chi connectivity index (χ1) is 8.51. The highest BCUT2D eigenvalue weighted by atomic mass is 16.5. The van der Waals surface area contributed by atoms with E-state index in [1.807, 2.05) is 6.92 Å². The maximum Gasteiger partial charge on any atom is 0.345 e. The molecule has 0 aliphatic heterocycles. The standard InChI is InChI=1S/C12H22N4O2/c1-5-6-14-11-9(12(17)18-4)10(13)16(15-11)7-8(2)3/h8H,5-7,13H2,1-4H3,(H,14,15). The molecule has 0 amide bonds. The Morgan fingerprint density at radius 3 is 2.72 bits per heavy atom. The van der Waals surface area contributed by atoms with Crippen molar-refractivity contribution in [3.8, 4) is 0 Å². The molecule has 1 heterocycles. The Morgan fingerprint density at radius 2 is 2.22 bits per heavy atom. The van der Waals surface area contributed by atoms with E-state index in [0.717, 1.165) is 13.0 Å². The highest BCUT2D eigenvalue weighted by molar-refractivity contribution is 5.99. The molecular formula is C12H22N4O2. The van der Waals surface area contributed by atoms with Crippen molar-refractivity contribution in [2.24, 2.45) is 5.92 Å². The summed E-state index contributed by atoms with van der Waals surface area (Å²) in [5, 5.41) is 7.44. The lowest BCUT2D eigenvalue weighted by Gasteiger charge is -2.06. The number of esters is 1. The summed E-state index contributed by atoms with van der Waals surface area (Å²) in [5.74, 6) is 0.800. The van der Waals surface area contributed by atoms with E-state index in [-0.39, 0.29) is 0 Å². The monoisotopic (exact) mass is 254 g/mol. The van der Waals surface area contributed by atoms with Gasteiger partial charge < -0.3 is 15.8 Å². The average molecular weight is 254 g/mol. The van der Waals surface area contributed by atoms with Gasteiger partial charge in [-0.1, -0.05) is 20.8 Å². The Morgan fingerprint density at radius 1 is 1.56 bits per heavy atom. The van der Waals surface area contributed by atoms with Crippen LogP contribution < -0.4 is 11.1 Å². The lowest BCUT2D eigenvalue weighted by molar-refractivity contribution is 0.0603. The molecule has 0 saturated heterocycles. The molecule has 0 atom stereocenters. The van der Waals surface area contributed by atoms with E-state index in [2.05, 4.69) is 24.3 Å². The number of nitrogens with zero attached hydrogens (tertiary/aromatic N) is 2. The molecule has 1 aromatic heterocycles. The first-order valence-electron chi connectivity index (χ1n) is 6.19. The van der Waals surface area contributed by atoms with Gasteiger partial charge in [-0.05, 0) is 12.3 Å². The molecule has 0 unspecified atom stereocenters. The number of nitrogens with one attached hydrogen (secondary N) is 1. The smallest absolute Gasteiger partial charge is 0.345 e. The van der Waals surface area contributed by atoms with Crippen LogP contribution in [-0.2, 0) is 11.3 Å². The predicted octanol–water partition coefficient (Wildman–Crippen LogP) is 1.73. The number of nitrogens with two attached hydrogens (primary N) is 1. The van der Waals surface area contributed by atoms with Crippen molar-refractivity contribution in [2.45, 2.75) is 33.7 Å². The first kappa shape index (κ1) is 14.3. The van der Waals surface area contributed by atoms with Crippen LogP contribution in [0.4, 0.5) is 11.6 Å². The van der Waals surface area contributed by atoms with Gasteiger partial charge in [0.05, 0.1) is 7.11 Å². The van der Waals surface area contributed by atoms with Gasteiger partial charge in [0.15, 0.2) is 5.82 Å². The van der Waals surface area contributed by atoms with Gasteiger partial charge in [-0.2, -0.15) is 5.10 Å². The molecular weight excluding hydrogens is 232 g/mol. The molecule has 3 N–H and O–H groups in total. The zero-order chi connectivity index (χ0) is 13.7. The molecule has 102 valence electrons. The summed E-state index contributed by atoms with van der Waals surface area (Å²) in [6.45, 7) is 7.58. The maximum absolute atomic E-state index is 11.7. The predicted molar refractivity (Wildman–Crippen MR) is 71.6 cm³/mol. The van der Waals surface area contributed by atoms with Crippen LogP contribution in [0.3, 0.4) is 0 Å². The summed E-state index contributed by atoms with van der Waals surface area (Å²) >= 11 is 0. The quantitative estimate of drug-likeness (QED) is 0.755. The normalized spacial score (nSPS) is 10.7. The van der Waals surface area contributed by atoms with Gasteiger partial charge in [-0.3, -0.25) is 0 Å². The number of methoxy groups -OCH3 is 1. The summed E-state index contributed by atoms with van der Waals surface area (Å²) in [6, 6.07) is 0. The molecule has 0 fully saturated rings. The lowest BCUT2D eigenvalue weighted by Crippen LogP contribution is -2.11. The molecule has 6 heteroatoms. The van der Waals surface area contributed by atoms with Crippen LogP contribution in [0.5, 0.6) is 0 Å². The Kier molecular flexibility index (Phi) is 5.00. The minimum absolute atomic E-state index is 0.326. The number of carbonyl (C=O) groups is 1. The van der Waals surface area contributed by atoms with Gasteiger partial charge >= 0.3 is 5.97 Å². The highest BCUT2D eigenvalue weighted by Crippen LogP contribution is 2.23. The average Bonchev–Trinajstić information content (AvgIpc) is 2.62. The number of nitrogen functional groups attached to an aromatic ring is 1. The number of ether oxygens (including phenoxy) is 1. The van der Waals surface area contributed by atoms with Gasteiger partial charge in [-0.15, -0.1) is 0 Å². The Labute approximate surface area is 107 Å².